The third-order valence-electron chi connectivity index (χ3n) is 2.38. The van der Waals surface area contributed by atoms with E-state index in [2.05, 4.69) is 9.97 Å². The summed E-state index contributed by atoms with van der Waals surface area (Å²) in [7, 11) is 0. The highest BCUT2D eigenvalue weighted by Crippen LogP contribution is 2.13. The van der Waals surface area contributed by atoms with Crippen LogP contribution in [0.3, 0.4) is 0 Å². The average molecular weight is 237 g/mol. The molecule has 1 rings (SSSR count). The van der Waals surface area contributed by atoms with Crippen LogP contribution in [0, 0.1) is 6.92 Å². The van der Waals surface area contributed by atoms with Crippen molar-refractivity contribution in [2.24, 2.45) is 0 Å². The molecule has 1 N–H and O–H groups in total. The number of aliphatic carboxylic acids is 1. The molecule has 0 fully saturated rings. The third kappa shape index (κ3) is 4.01. The maximum atomic E-state index is 10.8. The second-order valence-corrected chi connectivity index (χ2v) is 3.93. The van der Waals surface area contributed by atoms with Gasteiger partial charge >= 0.3 is 5.97 Å². The van der Waals surface area contributed by atoms with Crippen LogP contribution in [0.25, 0.3) is 0 Å². The van der Waals surface area contributed by atoms with Crippen molar-refractivity contribution < 1.29 is 9.90 Å². The second-order valence-electron chi connectivity index (χ2n) is 3.93. The number of nitrogens with zero attached hydrogens (tertiary/aromatic N) is 3. The normalized spacial score (nSPS) is 10.3. The predicted octanol–water partition coefficient (Wildman–Crippen LogP) is 1.65. The summed E-state index contributed by atoms with van der Waals surface area (Å²) in [6.07, 6.45) is 1.71. The third-order valence-corrected chi connectivity index (χ3v) is 2.38. The van der Waals surface area contributed by atoms with Gasteiger partial charge in [0.25, 0.3) is 0 Å². The van der Waals surface area contributed by atoms with Crippen molar-refractivity contribution in [2.45, 2.75) is 33.6 Å². The first-order chi connectivity index (χ1) is 8.06. The molecule has 1 aromatic heterocycles. The first kappa shape index (κ1) is 13.4. The number of anilines is 1. The van der Waals surface area contributed by atoms with E-state index in [9.17, 15) is 4.79 Å². The zero-order valence-corrected chi connectivity index (χ0v) is 10.6. The van der Waals surface area contributed by atoms with Gasteiger partial charge in [0.05, 0.1) is 0 Å². The second kappa shape index (κ2) is 6.18. The first-order valence-corrected chi connectivity index (χ1v) is 5.88. The molecule has 0 aliphatic carbocycles. The quantitative estimate of drug-likeness (QED) is 0.814. The zero-order valence-electron chi connectivity index (χ0n) is 10.6. The van der Waals surface area contributed by atoms with Crippen molar-refractivity contribution in [1.82, 2.24) is 9.97 Å². The molecule has 94 valence electrons. The highest BCUT2D eigenvalue weighted by atomic mass is 16.4. The van der Waals surface area contributed by atoms with Gasteiger partial charge in [-0.25, -0.2) is 9.97 Å². The largest absolute Gasteiger partial charge is 0.480 e. The fourth-order valence-corrected chi connectivity index (χ4v) is 1.66. The van der Waals surface area contributed by atoms with Crippen LogP contribution in [0.1, 0.15) is 31.8 Å². The Morgan fingerprint density at radius 2 is 2.12 bits per heavy atom. The molecule has 0 amide bonds. The summed E-state index contributed by atoms with van der Waals surface area (Å²) in [5.41, 5.74) is 0.944. The Morgan fingerprint density at radius 1 is 1.41 bits per heavy atom. The van der Waals surface area contributed by atoms with E-state index >= 15 is 0 Å². The molecule has 0 atom stereocenters. The topological polar surface area (TPSA) is 66.3 Å². The molecule has 0 spiro atoms. The molecule has 1 aromatic rings. The average Bonchev–Trinajstić information content (AvgIpc) is 2.27. The number of carboxylic acid groups (broad SMARTS) is 1. The number of aromatic nitrogens is 2. The minimum Gasteiger partial charge on any atom is -0.480 e. The molecule has 0 aliphatic rings. The number of rotatable bonds is 6. The molecule has 17 heavy (non-hydrogen) atoms. The van der Waals surface area contributed by atoms with Crippen LogP contribution in [0.4, 0.5) is 5.82 Å². The maximum Gasteiger partial charge on any atom is 0.323 e. The number of aryl methyl sites for hydroxylation is 2. The Balaban J connectivity index is 2.99. The molecule has 0 bridgehead atoms. The van der Waals surface area contributed by atoms with Gasteiger partial charge in [0, 0.05) is 18.3 Å². The fraction of sp³-hybridized carbons (Fsp3) is 0.583. The molecule has 0 aliphatic heterocycles. The van der Waals surface area contributed by atoms with Crippen LogP contribution in [0.15, 0.2) is 6.07 Å². The lowest BCUT2D eigenvalue weighted by molar-refractivity contribution is -0.135. The van der Waals surface area contributed by atoms with Crippen LogP contribution < -0.4 is 4.90 Å². The van der Waals surface area contributed by atoms with Gasteiger partial charge in [-0.15, -0.1) is 0 Å². The van der Waals surface area contributed by atoms with Crippen LogP contribution in [0.2, 0.25) is 0 Å². The number of carbonyl (C=O) groups is 1. The van der Waals surface area contributed by atoms with Crippen molar-refractivity contribution >= 4 is 11.8 Å². The number of carboxylic acids is 1. The van der Waals surface area contributed by atoms with E-state index in [4.69, 9.17) is 5.11 Å². The summed E-state index contributed by atoms with van der Waals surface area (Å²) < 4.78 is 0. The highest BCUT2D eigenvalue weighted by Gasteiger charge is 2.12. The molecule has 5 nitrogen and oxygen atoms in total. The number of hydrogen-bond acceptors (Lipinski definition) is 4. The maximum absolute atomic E-state index is 10.8. The van der Waals surface area contributed by atoms with Gasteiger partial charge in [-0.05, 0) is 19.8 Å². The molecule has 0 radical (unpaired) electrons. The first-order valence-electron chi connectivity index (χ1n) is 5.88. The van der Waals surface area contributed by atoms with E-state index in [1.807, 2.05) is 26.8 Å². The zero-order chi connectivity index (χ0) is 12.8. The molecule has 0 aromatic carbocycles. The van der Waals surface area contributed by atoms with Crippen LogP contribution in [0.5, 0.6) is 0 Å². The van der Waals surface area contributed by atoms with Gasteiger partial charge in [-0.3, -0.25) is 4.79 Å². The van der Waals surface area contributed by atoms with Crippen molar-refractivity contribution in [3.05, 3.63) is 17.6 Å². The minimum absolute atomic E-state index is 0.0204. The molecule has 0 unspecified atom stereocenters. The summed E-state index contributed by atoms with van der Waals surface area (Å²) in [4.78, 5) is 21.2. The summed E-state index contributed by atoms with van der Waals surface area (Å²) >= 11 is 0. The Kier molecular flexibility index (Phi) is 4.87. The minimum atomic E-state index is -0.840. The van der Waals surface area contributed by atoms with E-state index in [1.165, 1.54) is 0 Å². The lowest BCUT2D eigenvalue weighted by atomic mass is 10.3. The van der Waals surface area contributed by atoms with E-state index in [0.29, 0.717) is 18.2 Å². The summed E-state index contributed by atoms with van der Waals surface area (Å²) in [5, 5.41) is 8.88. The SMILES string of the molecule is CCCN(CC(=O)O)c1cc(CC)nc(C)n1. The van der Waals surface area contributed by atoms with Crippen LogP contribution in [-0.2, 0) is 11.2 Å². The predicted molar refractivity (Wildman–Crippen MR) is 66.3 cm³/mol. The van der Waals surface area contributed by atoms with Gasteiger partial charge in [0.15, 0.2) is 0 Å². The van der Waals surface area contributed by atoms with Crippen molar-refractivity contribution in [1.29, 1.82) is 0 Å². The monoisotopic (exact) mass is 237 g/mol. The van der Waals surface area contributed by atoms with E-state index in [1.54, 1.807) is 4.90 Å². The fourth-order valence-electron chi connectivity index (χ4n) is 1.66. The van der Waals surface area contributed by atoms with Crippen molar-refractivity contribution in [3.63, 3.8) is 0 Å². The molecule has 0 saturated carbocycles. The summed E-state index contributed by atoms with van der Waals surface area (Å²) in [5.74, 6) is 0.553. The lowest BCUT2D eigenvalue weighted by Gasteiger charge is -2.21. The standard InChI is InChI=1S/C12H19N3O2/c1-4-6-15(8-12(16)17)11-7-10(5-2)13-9(3)14-11/h7H,4-6,8H2,1-3H3,(H,16,17). The van der Waals surface area contributed by atoms with Gasteiger partial charge in [-0.1, -0.05) is 13.8 Å². The smallest absolute Gasteiger partial charge is 0.323 e. The molecule has 1 heterocycles. The van der Waals surface area contributed by atoms with Crippen molar-refractivity contribution in [2.75, 3.05) is 18.0 Å². The molecular formula is C12H19N3O2. The molecule has 5 heteroatoms. The van der Waals surface area contributed by atoms with Gasteiger partial charge in [0.2, 0.25) is 0 Å². The van der Waals surface area contributed by atoms with Crippen LogP contribution >= 0.6 is 0 Å². The molecule has 0 saturated heterocycles. The van der Waals surface area contributed by atoms with Crippen LogP contribution in [-0.4, -0.2) is 34.1 Å². The van der Waals surface area contributed by atoms with E-state index in [0.717, 1.165) is 18.5 Å². The Hall–Kier alpha value is -1.65. The summed E-state index contributed by atoms with van der Waals surface area (Å²) in [6.45, 7) is 6.53. The van der Waals surface area contributed by atoms with E-state index in [-0.39, 0.29) is 6.54 Å². The molecular weight excluding hydrogens is 218 g/mol. The van der Waals surface area contributed by atoms with Gasteiger partial charge < -0.3 is 10.0 Å². The van der Waals surface area contributed by atoms with Gasteiger partial charge in [0.1, 0.15) is 18.2 Å². The van der Waals surface area contributed by atoms with Gasteiger partial charge in [-0.2, -0.15) is 0 Å². The Labute approximate surface area is 102 Å². The lowest BCUT2D eigenvalue weighted by Crippen LogP contribution is -2.31. The summed E-state index contributed by atoms with van der Waals surface area (Å²) in [6, 6.07) is 1.87. The van der Waals surface area contributed by atoms with E-state index < -0.39 is 5.97 Å². The van der Waals surface area contributed by atoms with Crippen molar-refractivity contribution in [3.8, 4) is 0 Å². The Morgan fingerprint density at radius 3 is 2.65 bits per heavy atom. The highest BCUT2D eigenvalue weighted by molar-refractivity contribution is 5.73. The number of hydrogen-bond donors (Lipinski definition) is 1. The Bertz CT molecular complexity index is 393.